The second-order valence-electron chi connectivity index (χ2n) is 4.02. The van der Waals surface area contributed by atoms with Gasteiger partial charge in [0.15, 0.2) is 0 Å². The summed E-state index contributed by atoms with van der Waals surface area (Å²) < 4.78 is 5.03. The van der Waals surface area contributed by atoms with Crippen LogP contribution in [-0.4, -0.2) is 4.98 Å². The molecule has 1 heterocycles. The van der Waals surface area contributed by atoms with E-state index in [-0.39, 0.29) is 6.01 Å². The fourth-order valence-corrected chi connectivity index (χ4v) is 1.91. The van der Waals surface area contributed by atoms with Crippen LogP contribution in [0.5, 0.6) is 0 Å². The molecule has 0 aliphatic rings. The van der Waals surface area contributed by atoms with Gasteiger partial charge in [-0.3, -0.25) is 0 Å². The number of aromatic nitrogens is 1. The van der Waals surface area contributed by atoms with Crippen LogP contribution in [0.25, 0.3) is 22.4 Å². The molecule has 0 amide bonds. The van der Waals surface area contributed by atoms with Crippen molar-refractivity contribution < 1.29 is 4.42 Å². The lowest BCUT2D eigenvalue weighted by Gasteiger charge is -2.03. The van der Waals surface area contributed by atoms with E-state index in [4.69, 9.17) is 10.2 Å². The van der Waals surface area contributed by atoms with Crippen molar-refractivity contribution in [1.29, 1.82) is 0 Å². The number of oxazole rings is 1. The van der Waals surface area contributed by atoms with Gasteiger partial charge in [-0.1, -0.05) is 48.5 Å². The lowest BCUT2D eigenvalue weighted by Crippen LogP contribution is -1.84. The molecule has 3 aromatic rings. The largest absolute Gasteiger partial charge is 0.432 e. The van der Waals surface area contributed by atoms with Crippen molar-refractivity contribution >= 4 is 6.01 Å². The first-order valence-corrected chi connectivity index (χ1v) is 5.70. The van der Waals surface area contributed by atoms with Crippen LogP contribution in [-0.2, 0) is 0 Å². The zero-order valence-electron chi connectivity index (χ0n) is 9.71. The monoisotopic (exact) mass is 236 g/mol. The average Bonchev–Trinajstić information content (AvgIpc) is 2.87. The molecule has 3 nitrogen and oxygen atoms in total. The highest BCUT2D eigenvalue weighted by atomic mass is 16.4. The fourth-order valence-electron chi connectivity index (χ4n) is 1.91. The molecule has 0 fully saturated rings. The molecule has 1 aromatic heterocycles. The topological polar surface area (TPSA) is 52.0 Å². The van der Waals surface area contributed by atoms with Crippen LogP contribution < -0.4 is 5.73 Å². The first-order chi connectivity index (χ1) is 8.83. The molecule has 0 radical (unpaired) electrons. The molecule has 0 saturated carbocycles. The zero-order chi connectivity index (χ0) is 12.4. The molecule has 0 aliphatic heterocycles. The molecule has 0 unspecified atom stereocenters. The Balaban J connectivity index is 2.05. The maximum absolute atomic E-state index is 5.49. The van der Waals surface area contributed by atoms with E-state index < -0.39 is 0 Å². The van der Waals surface area contributed by atoms with Crippen molar-refractivity contribution in [3.63, 3.8) is 0 Å². The maximum atomic E-state index is 5.49. The van der Waals surface area contributed by atoms with Crippen LogP contribution in [0, 0.1) is 0 Å². The van der Waals surface area contributed by atoms with Crippen LogP contribution in [0.4, 0.5) is 6.01 Å². The van der Waals surface area contributed by atoms with Crippen molar-refractivity contribution in [3.8, 4) is 22.4 Å². The standard InChI is InChI=1S/C15H12N2O/c16-15-17-14(10-18-15)13-8-4-7-12(9-13)11-5-2-1-3-6-11/h1-10H,(H2,16,17). The molecule has 0 bridgehead atoms. The maximum Gasteiger partial charge on any atom is 0.292 e. The second kappa shape index (κ2) is 4.37. The summed E-state index contributed by atoms with van der Waals surface area (Å²) in [7, 11) is 0. The molecule has 2 N–H and O–H groups in total. The van der Waals surface area contributed by atoms with Gasteiger partial charge in [-0.15, -0.1) is 0 Å². The van der Waals surface area contributed by atoms with E-state index in [2.05, 4.69) is 29.2 Å². The van der Waals surface area contributed by atoms with Gasteiger partial charge in [-0.05, 0) is 17.2 Å². The summed E-state index contributed by atoms with van der Waals surface area (Å²) in [5.41, 5.74) is 9.56. The summed E-state index contributed by atoms with van der Waals surface area (Å²) >= 11 is 0. The van der Waals surface area contributed by atoms with Gasteiger partial charge in [0.2, 0.25) is 0 Å². The highest BCUT2D eigenvalue weighted by molar-refractivity contribution is 5.71. The second-order valence-corrected chi connectivity index (χ2v) is 4.02. The Kier molecular flexibility index (Phi) is 2.57. The number of anilines is 1. The van der Waals surface area contributed by atoms with Crippen molar-refractivity contribution in [3.05, 3.63) is 60.9 Å². The van der Waals surface area contributed by atoms with Crippen LogP contribution >= 0.6 is 0 Å². The Labute approximate surface area is 105 Å². The van der Waals surface area contributed by atoms with Gasteiger partial charge in [0, 0.05) is 5.56 Å². The van der Waals surface area contributed by atoms with Gasteiger partial charge in [-0.2, -0.15) is 4.98 Å². The normalized spacial score (nSPS) is 10.4. The molecule has 3 heteroatoms. The molecule has 3 rings (SSSR count). The predicted octanol–water partition coefficient (Wildman–Crippen LogP) is 3.59. The Hall–Kier alpha value is -2.55. The van der Waals surface area contributed by atoms with Gasteiger partial charge >= 0.3 is 0 Å². The van der Waals surface area contributed by atoms with E-state index in [1.165, 1.54) is 5.56 Å². The van der Waals surface area contributed by atoms with Gasteiger partial charge in [0.1, 0.15) is 12.0 Å². The Morgan fingerprint density at radius 3 is 2.28 bits per heavy atom. The molecule has 0 atom stereocenters. The lowest BCUT2D eigenvalue weighted by atomic mass is 10.0. The number of benzene rings is 2. The molecule has 2 aromatic carbocycles. The summed E-state index contributed by atoms with van der Waals surface area (Å²) in [6.07, 6.45) is 1.57. The molecular weight excluding hydrogens is 224 g/mol. The minimum Gasteiger partial charge on any atom is -0.432 e. The van der Waals surface area contributed by atoms with Gasteiger partial charge in [0.25, 0.3) is 6.01 Å². The smallest absolute Gasteiger partial charge is 0.292 e. The summed E-state index contributed by atoms with van der Waals surface area (Å²) in [6.45, 7) is 0. The Morgan fingerprint density at radius 2 is 1.56 bits per heavy atom. The van der Waals surface area contributed by atoms with E-state index in [1.54, 1.807) is 6.26 Å². The molecule has 0 saturated heterocycles. The van der Waals surface area contributed by atoms with Gasteiger partial charge < -0.3 is 10.2 Å². The van der Waals surface area contributed by atoms with Crippen LogP contribution in [0.1, 0.15) is 0 Å². The van der Waals surface area contributed by atoms with Crippen molar-refractivity contribution in [2.75, 3.05) is 5.73 Å². The molecular formula is C15H12N2O. The van der Waals surface area contributed by atoms with E-state index in [1.807, 2.05) is 30.3 Å². The third kappa shape index (κ3) is 1.98. The van der Waals surface area contributed by atoms with Crippen LogP contribution in [0.15, 0.2) is 65.3 Å². The van der Waals surface area contributed by atoms with Crippen molar-refractivity contribution in [2.45, 2.75) is 0 Å². The molecule has 18 heavy (non-hydrogen) atoms. The number of nitrogen functional groups attached to an aromatic ring is 1. The zero-order valence-corrected chi connectivity index (χ0v) is 9.71. The highest BCUT2D eigenvalue weighted by Gasteiger charge is 2.05. The van der Waals surface area contributed by atoms with E-state index in [0.717, 1.165) is 16.8 Å². The predicted molar refractivity (Wildman–Crippen MR) is 71.8 cm³/mol. The minimum atomic E-state index is 0.190. The fraction of sp³-hybridized carbons (Fsp3) is 0. The number of hydrogen-bond donors (Lipinski definition) is 1. The highest BCUT2D eigenvalue weighted by Crippen LogP contribution is 2.26. The first kappa shape index (κ1) is 10.6. The summed E-state index contributed by atoms with van der Waals surface area (Å²) in [5, 5.41) is 0. The van der Waals surface area contributed by atoms with Gasteiger partial charge in [0.05, 0.1) is 0 Å². The quantitative estimate of drug-likeness (QED) is 0.739. The Bertz CT molecular complexity index is 659. The number of rotatable bonds is 2. The van der Waals surface area contributed by atoms with Crippen LogP contribution in [0.2, 0.25) is 0 Å². The minimum absolute atomic E-state index is 0.190. The summed E-state index contributed by atoms with van der Waals surface area (Å²) in [5.74, 6) is 0. The van der Waals surface area contributed by atoms with Crippen molar-refractivity contribution in [2.24, 2.45) is 0 Å². The SMILES string of the molecule is Nc1nc(-c2cccc(-c3ccccc3)c2)co1. The Morgan fingerprint density at radius 1 is 0.833 bits per heavy atom. The third-order valence-corrected chi connectivity index (χ3v) is 2.79. The third-order valence-electron chi connectivity index (χ3n) is 2.79. The van der Waals surface area contributed by atoms with E-state index >= 15 is 0 Å². The first-order valence-electron chi connectivity index (χ1n) is 5.70. The average molecular weight is 236 g/mol. The molecule has 0 aliphatic carbocycles. The number of nitrogens with zero attached hydrogens (tertiary/aromatic N) is 1. The number of nitrogens with two attached hydrogens (primary N) is 1. The molecule has 0 spiro atoms. The van der Waals surface area contributed by atoms with Crippen LogP contribution in [0.3, 0.4) is 0 Å². The summed E-state index contributed by atoms with van der Waals surface area (Å²) in [6, 6.07) is 18.5. The molecule has 88 valence electrons. The van der Waals surface area contributed by atoms with Crippen molar-refractivity contribution in [1.82, 2.24) is 4.98 Å². The van der Waals surface area contributed by atoms with E-state index in [9.17, 15) is 0 Å². The van der Waals surface area contributed by atoms with E-state index in [0.29, 0.717) is 0 Å². The lowest BCUT2D eigenvalue weighted by molar-refractivity contribution is 0.581. The van der Waals surface area contributed by atoms with Gasteiger partial charge in [-0.25, -0.2) is 0 Å². The number of hydrogen-bond acceptors (Lipinski definition) is 3. The summed E-state index contributed by atoms with van der Waals surface area (Å²) in [4.78, 5) is 4.13.